The molecule has 2 N–H and O–H groups in total. The zero-order chi connectivity index (χ0) is 24.4. The quantitative estimate of drug-likeness (QED) is 0.539. The zero-order valence-electron chi connectivity index (χ0n) is 18.0. The Balaban J connectivity index is 1.79. The molecule has 0 spiro atoms. The summed E-state index contributed by atoms with van der Waals surface area (Å²) < 4.78 is 65.6. The summed E-state index contributed by atoms with van der Waals surface area (Å²) in [5, 5.41) is 6.91. The van der Waals surface area contributed by atoms with Crippen LogP contribution in [0, 0.1) is 0 Å². The first-order valence-electron chi connectivity index (χ1n) is 9.86. The van der Waals surface area contributed by atoms with Gasteiger partial charge in [0.1, 0.15) is 0 Å². The number of nitrogens with one attached hydrogen (secondary N) is 2. The minimum Gasteiger partial charge on any atom is -0.348 e. The first kappa shape index (κ1) is 24.4. The lowest BCUT2D eigenvalue weighted by Gasteiger charge is -2.13. The van der Waals surface area contributed by atoms with Gasteiger partial charge in [-0.3, -0.25) is 4.79 Å². The highest BCUT2D eigenvalue weighted by Gasteiger charge is 2.31. The molecule has 8 nitrogen and oxygen atoms in total. The SMILES string of the molecule is CNS(=O)(=O)c1ccc(CNC(=O)c2cnn(-c3ccc(C(F)(F)F)cn3)c2C(C)C)cc1. The van der Waals surface area contributed by atoms with Gasteiger partial charge in [-0.1, -0.05) is 26.0 Å². The van der Waals surface area contributed by atoms with E-state index in [1.165, 1.54) is 36.1 Å². The molecule has 0 saturated heterocycles. The molecule has 12 heteroatoms. The van der Waals surface area contributed by atoms with Gasteiger partial charge in [0.25, 0.3) is 5.91 Å². The van der Waals surface area contributed by atoms with Crippen LogP contribution in [0.1, 0.15) is 46.9 Å². The lowest BCUT2D eigenvalue weighted by atomic mass is 10.1. The van der Waals surface area contributed by atoms with E-state index in [-0.39, 0.29) is 28.7 Å². The highest BCUT2D eigenvalue weighted by atomic mass is 32.2. The molecule has 0 fully saturated rings. The molecule has 0 radical (unpaired) electrons. The second-order valence-corrected chi connectivity index (χ2v) is 9.33. The lowest BCUT2D eigenvalue weighted by Crippen LogP contribution is -2.24. The summed E-state index contributed by atoms with van der Waals surface area (Å²) in [6.45, 7) is 3.80. The van der Waals surface area contributed by atoms with E-state index in [0.717, 1.165) is 12.3 Å². The van der Waals surface area contributed by atoms with Crippen molar-refractivity contribution in [2.45, 2.75) is 37.4 Å². The summed E-state index contributed by atoms with van der Waals surface area (Å²) in [6.07, 6.45) is -2.44. The number of sulfonamides is 1. The summed E-state index contributed by atoms with van der Waals surface area (Å²) in [5.74, 6) is -0.445. The molecule has 0 aliphatic carbocycles. The Bertz CT molecular complexity index is 1240. The molecule has 0 aliphatic rings. The number of halogens is 3. The maximum atomic E-state index is 12.8. The fraction of sp³-hybridized carbons (Fsp3) is 0.286. The van der Waals surface area contributed by atoms with Crippen molar-refractivity contribution < 1.29 is 26.4 Å². The van der Waals surface area contributed by atoms with Crippen LogP contribution in [0.5, 0.6) is 0 Å². The van der Waals surface area contributed by atoms with Gasteiger partial charge in [-0.25, -0.2) is 22.8 Å². The zero-order valence-corrected chi connectivity index (χ0v) is 18.8. The average molecular weight is 482 g/mol. The van der Waals surface area contributed by atoms with Gasteiger partial charge in [-0.15, -0.1) is 0 Å². The smallest absolute Gasteiger partial charge is 0.348 e. The minimum absolute atomic E-state index is 0.104. The molecule has 176 valence electrons. The lowest BCUT2D eigenvalue weighted by molar-refractivity contribution is -0.137. The third kappa shape index (κ3) is 5.40. The van der Waals surface area contributed by atoms with E-state index in [1.54, 1.807) is 12.1 Å². The van der Waals surface area contributed by atoms with E-state index in [2.05, 4.69) is 20.1 Å². The number of pyridine rings is 1. The largest absolute Gasteiger partial charge is 0.417 e. The van der Waals surface area contributed by atoms with E-state index < -0.39 is 27.7 Å². The molecule has 1 aromatic carbocycles. The van der Waals surface area contributed by atoms with Gasteiger partial charge in [0, 0.05) is 12.7 Å². The molecule has 0 aliphatic heterocycles. The van der Waals surface area contributed by atoms with E-state index in [9.17, 15) is 26.4 Å². The Labute approximate surface area is 188 Å². The molecule has 0 saturated carbocycles. The molecule has 3 aromatic rings. The van der Waals surface area contributed by atoms with Crippen molar-refractivity contribution in [1.29, 1.82) is 0 Å². The van der Waals surface area contributed by atoms with Crippen LogP contribution in [0.25, 0.3) is 5.82 Å². The first-order chi connectivity index (χ1) is 15.4. The molecule has 2 aromatic heterocycles. The predicted octanol–water partition coefficient (Wildman–Crippen LogP) is 3.25. The summed E-state index contributed by atoms with van der Waals surface area (Å²) >= 11 is 0. The van der Waals surface area contributed by atoms with E-state index in [0.29, 0.717) is 11.3 Å². The van der Waals surface area contributed by atoms with Crippen molar-refractivity contribution in [1.82, 2.24) is 24.8 Å². The van der Waals surface area contributed by atoms with Crippen molar-refractivity contribution >= 4 is 15.9 Å². The van der Waals surface area contributed by atoms with Gasteiger partial charge in [-0.2, -0.15) is 18.3 Å². The first-order valence-corrected chi connectivity index (χ1v) is 11.3. The van der Waals surface area contributed by atoms with E-state index >= 15 is 0 Å². The standard InChI is InChI=1S/C21H22F3N5O3S/c1-13(2)19-17(12-28-29(19)18-9-6-15(11-26-18)21(22,23)24)20(30)27-10-14-4-7-16(8-5-14)33(31,32)25-3/h4-9,11-13,25H,10H2,1-3H3,(H,27,30). The number of nitrogens with zero attached hydrogens (tertiary/aromatic N) is 3. The second-order valence-electron chi connectivity index (χ2n) is 7.45. The predicted molar refractivity (Wildman–Crippen MR) is 114 cm³/mol. The van der Waals surface area contributed by atoms with Crippen molar-refractivity contribution in [2.24, 2.45) is 0 Å². The molecular formula is C21H22F3N5O3S. The third-order valence-corrected chi connectivity index (χ3v) is 6.28. The number of hydrogen-bond donors (Lipinski definition) is 2. The van der Waals surface area contributed by atoms with Crippen molar-refractivity contribution in [3.05, 3.63) is 71.2 Å². The monoisotopic (exact) mass is 481 g/mol. The van der Waals surface area contributed by atoms with E-state index in [1.807, 2.05) is 13.8 Å². The molecule has 2 heterocycles. The van der Waals surface area contributed by atoms with Gasteiger partial charge < -0.3 is 5.32 Å². The highest BCUT2D eigenvalue weighted by molar-refractivity contribution is 7.89. The molecule has 0 bridgehead atoms. The van der Waals surface area contributed by atoms with Gasteiger partial charge in [0.2, 0.25) is 10.0 Å². The Hall–Kier alpha value is -3.25. The van der Waals surface area contributed by atoms with Crippen LogP contribution in [0.4, 0.5) is 13.2 Å². The number of amides is 1. The van der Waals surface area contributed by atoms with Crippen molar-refractivity contribution in [2.75, 3.05) is 7.05 Å². The molecular weight excluding hydrogens is 459 g/mol. The van der Waals surface area contributed by atoms with Crippen molar-refractivity contribution in [3.8, 4) is 5.82 Å². The van der Waals surface area contributed by atoms with E-state index in [4.69, 9.17) is 0 Å². The summed E-state index contributed by atoms with van der Waals surface area (Å²) in [6, 6.07) is 8.14. The van der Waals surface area contributed by atoms with Crippen LogP contribution >= 0.6 is 0 Å². The van der Waals surface area contributed by atoms with Gasteiger partial charge in [-0.05, 0) is 42.8 Å². The van der Waals surface area contributed by atoms with Crippen LogP contribution in [-0.2, 0) is 22.7 Å². The molecule has 0 atom stereocenters. The Morgan fingerprint density at radius 1 is 1.09 bits per heavy atom. The summed E-state index contributed by atoms with van der Waals surface area (Å²) in [4.78, 5) is 16.8. The number of rotatable bonds is 7. The van der Waals surface area contributed by atoms with Crippen LogP contribution in [-0.4, -0.2) is 36.1 Å². The van der Waals surface area contributed by atoms with Gasteiger partial charge in [0.15, 0.2) is 5.82 Å². The average Bonchev–Trinajstić information content (AvgIpc) is 3.23. The third-order valence-electron chi connectivity index (χ3n) is 4.85. The molecule has 33 heavy (non-hydrogen) atoms. The number of carbonyl (C=O) groups excluding carboxylic acids is 1. The highest BCUT2D eigenvalue weighted by Crippen LogP contribution is 2.29. The normalized spacial score (nSPS) is 12.2. The maximum absolute atomic E-state index is 12.8. The number of aromatic nitrogens is 3. The maximum Gasteiger partial charge on any atom is 0.417 e. The Kier molecular flexibility index (Phi) is 6.89. The molecule has 0 unspecified atom stereocenters. The fourth-order valence-corrected chi connectivity index (χ4v) is 3.86. The minimum atomic E-state index is -4.50. The van der Waals surface area contributed by atoms with Crippen molar-refractivity contribution in [3.63, 3.8) is 0 Å². The summed E-state index contributed by atoms with van der Waals surface area (Å²) in [7, 11) is -2.24. The van der Waals surface area contributed by atoms with Gasteiger partial charge >= 0.3 is 6.18 Å². The number of carbonyl (C=O) groups is 1. The Morgan fingerprint density at radius 2 is 1.76 bits per heavy atom. The van der Waals surface area contributed by atoms with Crippen LogP contribution < -0.4 is 10.0 Å². The van der Waals surface area contributed by atoms with Crippen LogP contribution in [0.15, 0.2) is 53.7 Å². The molecule has 3 rings (SSSR count). The Morgan fingerprint density at radius 3 is 2.27 bits per heavy atom. The number of hydrogen-bond acceptors (Lipinski definition) is 5. The molecule has 1 amide bonds. The van der Waals surface area contributed by atoms with Gasteiger partial charge in [0.05, 0.1) is 27.9 Å². The van der Waals surface area contributed by atoms with Crippen LogP contribution in [0.2, 0.25) is 0 Å². The topological polar surface area (TPSA) is 106 Å². The number of alkyl halides is 3. The number of benzene rings is 1. The summed E-state index contributed by atoms with van der Waals surface area (Å²) in [5.41, 5.74) is 0.564. The fourth-order valence-electron chi connectivity index (χ4n) is 3.13. The van der Waals surface area contributed by atoms with Crippen LogP contribution in [0.3, 0.4) is 0 Å². The second kappa shape index (κ2) is 9.32.